The molecule has 0 radical (unpaired) electrons. The molecule has 35 heavy (non-hydrogen) atoms. The van der Waals surface area contributed by atoms with Gasteiger partial charge in [0.05, 0.1) is 22.0 Å². The minimum atomic E-state index is -3.66. The molecule has 0 spiro atoms. The Bertz CT molecular complexity index is 1440. The number of para-hydroxylation sites is 2. The fourth-order valence-corrected chi connectivity index (χ4v) is 6.60. The maximum atomic E-state index is 13.3. The lowest BCUT2D eigenvalue weighted by molar-refractivity contribution is -0.115. The first-order valence-electron chi connectivity index (χ1n) is 10.9. The molecule has 4 aromatic carbocycles. The molecule has 1 aliphatic heterocycles. The Morgan fingerprint density at radius 2 is 1.40 bits per heavy atom. The maximum Gasteiger partial charge on any atom is 0.261 e. The van der Waals surface area contributed by atoms with Crippen LogP contribution < -0.4 is 9.62 Å². The Balaban J connectivity index is 1.28. The molecule has 0 unspecified atom stereocenters. The summed E-state index contributed by atoms with van der Waals surface area (Å²) in [5.41, 5.74) is 3.25. The molecule has 0 saturated heterocycles. The van der Waals surface area contributed by atoms with Crippen molar-refractivity contribution in [2.45, 2.75) is 26.5 Å². The van der Waals surface area contributed by atoms with Crippen LogP contribution in [0.5, 0.6) is 0 Å². The standard InChI is InChI=1S/C27H22N2O3S3/c1-19-10-16-22(17-11-19)35(31,32)28-20-12-14-21(15-13-20)33-18-27(30)29-23-6-2-4-8-25(23)34-26-9-5-3-7-24(26)29/h2-17,28H,18H2,1H3. The first kappa shape index (κ1) is 23.5. The van der Waals surface area contributed by atoms with E-state index in [1.807, 2.05) is 67.6 Å². The molecule has 0 bridgehead atoms. The molecule has 0 fully saturated rings. The normalized spacial score (nSPS) is 12.5. The number of benzene rings is 4. The lowest BCUT2D eigenvalue weighted by atomic mass is 10.2. The molecule has 4 aromatic rings. The molecule has 5 rings (SSSR count). The van der Waals surface area contributed by atoms with Gasteiger partial charge in [0.2, 0.25) is 5.91 Å². The number of anilines is 3. The molecular formula is C27H22N2O3S3. The SMILES string of the molecule is Cc1ccc(S(=O)(=O)Nc2ccc(SCC(=O)N3c4ccccc4Sc4ccccc43)cc2)cc1. The Kier molecular flexibility index (Phi) is 6.60. The third-order valence-electron chi connectivity index (χ3n) is 5.48. The zero-order valence-electron chi connectivity index (χ0n) is 18.8. The number of hydrogen-bond acceptors (Lipinski definition) is 5. The molecule has 1 N–H and O–H groups in total. The summed E-state index contributed by atoms with van der Waals surface area (Å²) in [5, 5.41) is 0. The van der Waals surface area contributed by atoms with Crippen LogP contribution in [0.25, 0.3) is 0 Å². The number of nitrogens with one attached hydrogen (secondary N) is 1. The van der Waals surface area contributed by atoms with E-state index in [1.165, 1.54) is 11.8 Å². The van der Waals surface area contributed by atoms with Gasteiger partial charge in [-0.1, -0.05) is 53.7 Å². The molecule has 0 aromatic heterocycles. The number of aryl methyl sites for hydroxylation is 1. The van der Waals surface area contributed by atoms with Gasteiger partial charge in [0.1, 0.15) is 0 Å². The summed E-state index contributed by atoms with van der Waals surface area (Å²) < 4.78 is 27.8. The highest BCUT2D eigenvalue weighted by atomic mass is 32.2. The molecule has 5 nitrogen and oxygen atoms in total. The van der Waals surface area contributed by atoms with E-state index in [4.69, 9.17) is 0 Å². The van der Waals surface area contributed by atoms with E-state index in [0.29, 0.717) is 5.69 Å². The number of hydrogen-bond donors (Lipinski definition) is 1. The minimum absolute atomic E-state index is 0.0145. The number of carbonyl (C=O) groups excluding carboxylic acids is 1. The highest BCUT2D eigenvalue weighted by Crippen LogP contribution is 2.48. The first-order chi connectivity index (χ1) is 16.9. The van der Waals surface area contributed by atoms with E-state index in [2.05, 4.69) is 4.72 Å². The van der Waals surface area contributed by atoms with Crippen LogP contribution in [0.15, 0.2) is 117 Å². The van der Waals surface area contributed by atoms with E-state index < -0.39 is 10.0 Å². The van der Waals surface area contributed by atoms with Crippen molar-refractivity contribution in [1.29, 1.82) is 0 Å². The van der Waals surface area contributed by atoms with Crippen molar-refractivity contribution < 1.29 is 13.2 Å². The molecule has 0 aliphatic carbocycles. The van der Waals surface area contributed by atoms with E-state index in [0.717, 1.165) is 31.6 Å². The summed E-state index contributed by atoms with van der Waals surface area (Å²) in [6.45, 7) is 1.91. The van der Waals surface area contributed by atoms with Gasteiger partial charge in [0.15, 0.2) is 0 Å². The lowest BCUT2D eigenvalue weighted by Gasteiger charge is -2.31. The van der Waals surface area contributed by atoms with Gasteiger partial charge in [-0.3, -0.25) is 14.4 Å². The number of carbonyl (C=O) groups is 1. The smallest absolute Gasteiger partial charge is 0.261 e. The van der Waals surface area contributed by atoms with Crippen LogP contribution >= 0.6 is 23.5 Å². The summed E-state index contributed by atoms with van der Waals surface area (Å²) in [6.07, 6.45) is 0. The Labute approximate surface area is 213 Å². The molecule has 1 heterocycles. The number of sulfonamides is 1. The molecule has 0 atom stereocenters. The van der Waals surface area contributed by atoms with Crippen molar-refractivity contribution in [1.82, 2.24) is 0 Å². The van der Waals surface area contributed by atoms with Crippen molar-refractivity contribution >= 4 is 56.5 Å². The third kappa shape index (κ3) is 5.10. The largest absolute Gasteiger partial charge is 0.280 e. The van der Waals surface area contributed by atoms with Crippen molar-refractivity contribution in [3.63, 3.8) is 0 Å². The molecule has 1 amide bonds. The predicted molar refractivity (Wildman–Crippen MR) is 143 cm³/mol. The summed E-state index contributed by atoms with van der Waals surface area (Å²) in [5.74, 6) is 0.237. The fraction of sp³-hybridized carbons (Fsp3) is 0.0741. The van der Waals surface area contributed by atoms with Crippen LogP contribution in [0.1, 0.15) is 5.56 Å². The lowest BCUT2D eigenvalue weighted by Crippen LogP contribution is -2.29. The Morgan fingerprint density at radius 1 is 0.829 bits per heavy atom. The second-order valence-corrected chi connectivity index (χ2v) is 11.8. The average Bonchev–Trinajstić information content (AvgIpc) is 2.86. The maximum absolute atomic E-state index is 13.3. The van der Waals surface area contributed by atoms with Crippen LogP contribution in [0, 0.1) is 6.92 Å². The summed E-state index contributed by atoms with van der Waals surface area (Å²) >= 11 is 3.09. The van der Waals surface area contributed by atoms with Crippen molar-refractivity contribution in [3.8, 4) is 0 Å². The average molecular weight is 519 g/mol. The summed E-state index contributed by atoms with van der Waals surface area (Å²) in [4.78, 5) is 18.3. The van der Waals surface area contributed by atoms with Gasteiger partial charge < -0.3 is 0 Å². The van der Waals surface area contributed by atoms with E-state index in [-0.39, 0.29) is 16.6 Å². The second kappa shape index (κ2) is 9.81. The number of amides is 1. The molecular weight excluding hydrogens is 497 g/mol. The Morgan fingerprint density at radius 3 is 2.00 bits per heavy atom. The third-order valence-corrected chi connectivity index (χ3v) is 9.01. The van der Waals surface area contributed by atoms with Gasteiger partial charge in [-0.25, -0.2) is 8.42 Å². The van der Waals surface area contributed by atoms with Gasteiger partial charge in [0.25, 0.3) is 10.0 Å². The van der Waals surface area contributed by atoms with Crippen LogP contribution in [-0.2, 0) is 14.8 Å². The zero-order chi connectivity index (χ0) is 24.4. The molecule has 1 aliphatic rings. The van der Waals surface area contributed by atoms with Crippen molar-refractivity contribution in [2.75, 3.05) is 15.4 Å². The number of rotatable bonds is 6. The topological polar surface area (TPSA) is 66.5 Å². The minimum Gasteiger partial charge on any atom is -0.280 e. The van der Waals surface area contributed by atoms with Crippen LogP contribution in [0.2, 0.25) is 0 Å². The van der Waals surface area contributed by atoms with Crippen LogP contribution in [0.4, 0.5) is 17.1 Å². The van der Waals surface area contributed by atoms with E-state index >= 15 is 0 Å². The number of fused-ring (bicyclic) bond motifs is 2. The quantitative estimate of drug-likeness (QED) is 0.287. The van der Waals surface area contributed by atoms with Gasteiger partial charge in [-0.2, -0.15) is 0 Å². The van der Waals surface area contributed by atoms with Gasteiger partial charge >= 0.3 is 0 Å². The molecule has 176 valence electrons. The molecule has 8 heteroatoms. The second-order valence-electron chi connectivity index (χ2n) is 8.00. The van der Waals surface area contributed by atoms with Crippen molar-refractivity contribution in [2.24, 2.45) is 0 Å². The first-order valence-corrected chi connectivity index (χ1v) is 14.2. The Hall–Kier alpha value is -3.20. The van der Waals surface area contributed by atoms with E-state index in [1.54, 1.807) is 53.1 Å². The fourth-order valence-electron chi connectivity index (χ4n) is 3.73. The van der Waals surface area contributed by atoms with E-state index in [9.17, 15) is 13.2 Å². The molecule has 0 saturated carbocycles. The van der Waals surface area contributed by atoms with Crippen LogP contribution in [0.3, 0.4) is 0 Å². The summed E-state index contributed by atoms with van der Waals surface area (Å²) in [7, 11) is -3.66. The summed E-state index contributed by atoms with van der Waals surface area (Å²) in [6, 6.07) is 29.6. The van der Waals surface area contributed by atoms with Gasteiger partial charge in [0, 0.05) is 20.4 Å². The number of nitrogens with zero attached hydrogens (tertiary/aromatic N) is 1. The highest BCUT2D eigenvalue weighted by Gasteiger charge is 2.27. The predicted octanol–water partition coefficient (Wildman–Crippen LogP) is 6.72. The highest BCUT2D eigenvalue weighted by molar-refractivity contribution is 8.00. The van der Waals surface area contributed by atoms with Crippen molar-refractivity contribution in [3.05, 3.63) is 103 Å². The monoisotopic (exact) mass is 518 g/mol. The van der Waals surface area contributed by atoms with Gasteiger partial charge in [-0.15, -0.1) is 11.8 Å². The zero-order valence-corrected chi connectivity index (χ0v) is 21.3. The number of thioether (sulfide) groups is 1. The van der Waals surface area contributed by atoms with Gasteiger partial charge in [-0.05, 0) is 67.6 Å². The van der Waals surface area contributed by atoms with Crippen LogP contribution in [-0.4, -0.2) is 20.1 Å².